The quantitative estimate of drug-likeness (QED) is 0.276. The van der Waals surface area contributed by atoms with Crippen LogP contribution in [0, 0.1) is 0 Å². The molecule has 2 aliphatic rings. The van der Waals surface area contributed by atoms with E-state index in [1.165, 1.54) is 33.1 Å². The molecule has 4 rings (SSSR count). The fraction of sp³-hybridized carbons (Fsp3) is 0.316. The highest BCUT2D eigenvalue weighted by molar-refractivity contribution is 8.01. The van der Waals surface area contributed by atoms with Crippen LogP contribution in [0.5, 0.6) is 0 Å². The van der Waals surface area contributed by atoms with Gasteiger partial charge >= 0.3 is 5.97 Å². The van der Waals surface area contributed by atoms with Gasteiger partial charge in [0.2, 0.25) is 11.3 Å². The third-order valence-electron chi connectivity index (χ3n) is 5.04. The second-order valence-corrected chi connectivity index (χ2v) is 9.10. The third kappa shape index (κ3) is 4.43. The van der Waals surface area contributed by atoms with Crippen molar-refractivity contribution < 1.29 is 29.0 Å². The van der Waals surface area contributed by atoms with Crippen molar-refractivity contribution in [1.82, 2.24) is 30.4 Å². The van der Waals surface area contributed by atoms with Crippen LogP contribution in [-0.4, -0.2) is 77.4 Å². The van der Waals surface area contributed by atoms with Gasteiger partial charge in [-0.3, -0.25) is 19.3 Å². The summed E-state index contributed by atoms with van der Waals surface area (Å²) in [4.78, 5) is 49.7. The third-order valence-corrected chi connectivity index (χ3v) is 7.47. The Morgan fingerprint density at radius 1 is 1.39 bits per heavy atom. The maximum atomic E-state index is 12.8. The van der Waals surface area contributed by atoms with Gasteiger partial charge in [0.05, 0.1) is 0 Å². The van der Waals surface area contributed by atoms with Crippen molar-refractivity contribution in [2.24, 2.45) is 7.05 Å². The minimum absolute atomic E-state index is 0.0966. The Labute approximate surface area is 195 Å². The van der Waals surface area contributed by atoms with Gasteiger partial charge in [0.1, 0.15) is 17.1 Å². The Hall–Kier alpha value is -3.39. The molecule has 3 heterocycles. The SMILES string of the molecule is Cn1nnnc1SCC1=C(C(=O)O)N2C(=O)[C@H](NC(=O)[C@@H](OC=O)c3ccccc3)[C@@H]2SC1. The number of amides is 2. The minimum Gasteiger partial charge on any atom is -0.477 e. The fourth-order valence-corrected chi connectivity index (χ4v) is 5.83. The number of β-lactam (4-membered cyclic amide) rings is 1. The number of carbonyl (C=O) groups excluding carboxylic acids is 3. The maximum Gasteiger partial charge on any atom is 0.352 e. The average Bonchev–Trinajstić information content (AvgIpc) is 3.23. The molecule has 0 aliphatic carbocycles. The average molecular weight is 491 g/mol. The van der Waals surface area contributed by atoms with E-state index in [9.17, 15) is 24.3 Å². The number of aromatic nitrogens is 4. The minimum atomic E-state index is -1.23. The van der Waals surface area contributed by atoms with Gasteiger partial charge in [0, 0.05) is 24.1 Å². The molecule has 1 saturated heterocycles. The number of benzene rings is 1. The van der Waals surface area contributed by atoms with E-state index in [1.807, 2.05) is 0 Å². The van der Waals surface area contributed by atoms with Crippen LogP contribution in [0.2, 0.25) is 0 Å². The Morgan fingerprint density at radius 2 is 2.15 bits per heavy atom. The molecule has 14 heteroatoms. The summed E-state index contributed by atoms with van der Waals surface area (Å²) in [7, 11) is 1.67. The number of hydrogen-bond acceptors (Lipinski definition) is 10. The summed E-state index contributed by atoms with van der Waals surface area (Å²) in [5, 5.41) is 23.4. The number of fused-ring (bicyclic) bond motifs is 1. The van der Waals surface area contributed by atoms with Gasteiger partial charge in [-0.05, 0) is 16.0 Å². The second kappa shape index (κ2) is 9.62. The van der Waals surface area contributed by atoms with Crippen molar-refractivity contribution in [2.45, 2.75) is 22.7 Å². The Bertz CT molecular complexity index is 1120. The van der Waals surface area contributed by atoms with Gasteiger partial charge in [0.25, 0.3) is 18.3 Å². The predicted octanol–water partition coefficient (Wildman–Crippen LogP) is -0.0449. The molecule has 0 spiro atoms. The van der Waals surface area contributed by atoms with Crippen LogP contribution in [0.3, 0.4) is 0 Å². The highest BCUT2D eigenvalue weighted by atomic mass is 32.2. The molecule has 2 aliphatic heterocycles. The number of aliphatic carboxylic acids is 1. The summed E-state index contributed by atoms with van der Waals surface area (Å²) in [6.45, 7) is 0.170. The number of hydrogen-bond donors (Lipinski definition) is 2. The summed E-state index contributed by atoms with van der Waals surface area (Å²) < 4.78 is 6.40. The van der Waals surface area contributed by atoms with Crippen LogP contribution in [0.1, 0.15) is 11.7 Å². The highest BCUT2D eigenvalue weighted by Gasteiger charge is 2.54. The second-order valence-electron chi connectivity index (χ2n) is 7.05. The van der Waals surface area contributed by atoms with E-state index in [1.54, 1.807) is 37.4 Å². The monoisotopic (exact) mass is 490 g/mol. The van der Waals surface area contributed by atoms with E-state index in [2.05, 4.69) is 20.8 Å². The van der Waals surface area contributed by atoms with Crippen molar-refractivity contribution in [2.75, 3.05) is 11.5 Å². The highest BCUT2D eigenvalue weighted by Crippen LogP contribution is 2.41. The number of rotatable bonds is 9. The van der Waals surface area contributed by atoms with Crippen LogP contribution in [0.4, 0.5) is 0 Å². The number of tetrazole rings is 1. The van der Waals surface area contributed by atoms with Gasteiger partial charge in [-0.25, -0.2) is 9.48 Å². The van der Waals surface area contributed by atoms with Crippen LogP contribution in [-0.2, 0) is 31.0 Å². The lowest BCUT2D eigenvalue weighted by molar-refractivity contribution is -0.154. The summed E-state index contributed by atoms with van der Waals surface area (Å²) in [5.74, 6) is -1.79. The lowest BCUT2D eigenvalue weighted by Gasteiger charge is -2.49. The molecule has 1 aromatic carbocycles. The van der Waals surface area contributed by atoms with Crippen molar-refractivity contribution in [3.8, 4) is 0 Å². The van der Waals surface area contributed by atoms with E-state index in [-0.39, 0.29) is 12.2 Å². The molecule has 2 aromatic rings. The predicted molar refractivity (Wildman–Crippen MR) is 116 cm³/mol. The molecule has 0 unspecified atom stereocenters. The number of carboxylic acid groups (broad SMARTS) is 1. The fourth-order valence-electron chi connectivity index (χ4n) is 3.49. The van der Waals surface area contributed by atoms with Crippen molar-refractivity contribution in [3.63, 3.8) is 0 Å². The molecule has 3 atom stereocenters. The number of aryl methyl sites for hydroxylation is 1. The molecule has 172 valence electrons. The summed E-state index contributed by atoms with van der Waals surface area (Å²) in [6, 6.07) is 7.45. The molecule has 2 N–H and O–H groups in total. The first kappa shape index (κ1) is 22.8. The van der Waals surface area contributed by atoms with Gasteiger partial charge in [0.15, 0.2) is 0 Å². The first-order valence-electron chi connectivity index (χ1n) is 9.62. The molecular weight excluding hydrogens is 472 g/mol. The van der Waals surface area contributed by atoms with Crippen molar-refractivity contribution >= 4 is 47.8 Å². The molecule has 33 heavy (non-hydrogen) atoms. The first-order chi connectivity index (χ1) is 15.9. The smallest absolute Gasteiger partial charge is 0.352 e. The standard InChI is InChI=1S/C19H18N6O6S2/c1-24-19(21-22-23-24)33-8-11-7-32-17-12(16(28)25(17)13(11)18(29)30)20-15(27)14(31-9-26)10-5-3-2-4-6-10/h2-6,9,12,14,17H,7-8H2,1H3,(H,20,27)(H,29,30)/t12-,14-,17-/m0/s1. The zero-order valence-electron chi connectivity index (χ0n) is 17.2. The number of carboxylic acids is 1. The Kier molecular flexibility index (Phi) is 6.65. The van der Waals surface area contributed by atoms with Crippen molar-refractivity contribution in [1.29, 1.82) is 0 Å². The number of carbonyl (C=O) groups is 4. The molecular formula is C19H18N6O6S2. The molecule has 0 radical (unpaired) electrons. The van der Waals surface area contributed by atoms with E-state index in [4.69, 9.17) is 4.74 Å². The van der Waals surface area contributed by atoms with Gasteiger partial charge < -0.3 is 15.2 Å². The molecule has 12 nitrogen and oxygen atoms in total. The van der Waals surface area contributed by atoms with Crippen LogP contribution >= 0.6 is 23.5 Å². The first-order valence-corrected chi connectivity index (χ1v) is 11.7. The number of nitrogens with one attached hydrogen (secondary N) is 1. The number of nitrogens with zero attached hydrogens (tertiary/aromatic N) is 5. The molecule has 0 saturated carbocycles. The van der Waals surface area contributed by atoms with Crippen LogP contribution in [0.15, 0.2) is 46.8 Å². The largest absolute Gasteiger partial charge is 0.477 e. The summed E-state index contributed by atoms with van der Waals surface area (Å²) in [6.07, 6.45) is -1.22. The molecule has 2 amide bonds. The zero-order valence-corrected chi connectivity index (χ0v) is 18.8. The van der Waals surface area contributed by atoms with E-state index < -0.39 is 35.3 Å². The Morgan fingerprint density at radius 3 is 2.79 bits per heavy atom. The lowest BCUT2D eigenvalue weighted by Crippen LogP contribution is -2.71. The molecule has 1 aromatic heterocycles. The van der Waals surface area contributed by atoms with Crippen molar-refractivity contribution in [3.05, 3.63) is 47.2 Å². The summed E-state index contributed by atoms with van der Waals surface area (Å²) >= 11 is 2.61. The maximum absolute atomic E-state index is 12.8. The molecule has 0 bridgehead atoms. The van der Waals surface area contributed by atoms with Gasteiger partial charge in [-0.15, -0.1) is 16.9 Å². The normalized spacial score (nSPS) is 20.5. The van der Waals surface area contributed by atoms with Gasteiger partial charge in [-0.2, -0.15) is 0 Å². The lowest BCUT2D eigenvalue weighted by atomic mass is 10.0. The van der Waals surface area contributed by atoms with E-state index in [0.29, 0.717) is 27.8 Å². The van der Waals surface area contributed by atoms with Crippen LogP contribution < -0.4 is 5.32 Å². The Balaban J connectivity index is 1.48. The zero-order chi connectivity index (χ0) is 23.5. The number of thioether (sulfide) groups is 2. The molecule has 1 fully saturated rings. The van der Waals surface area contributed by atoms with E-state index in [0.717, 1.165) is 0 Å². The van der Waals surface area contributed by atoms with E-state index >= 15 is 0 Å². The van der Waals surface area contributed by atoms with Crippen LogP contribution in [0.25, 0.3) is 0 Å². The topological polar surface area (TPSA) is 157 Å². The number of ether oxygens (including phenoxy) is 1. The van der Waals surface area contributed by atoms with Gasteiger partial charge in [-0.1, -0.05) is 42.1 Å². The summed E-state index contributed by atoms with van der Waals surface area (Å²) in [5.41, 5.74) is 0.910.